The van der Waals surface area contributed by atoms with E-state index in [1.807, 2.05) is 79.3 Å². The Labute approximate surface area is 129 Å². The van der Waals surface area contributed by atoms with Crippen LogP contribution in [0.2, 0.25) is 0 Å². The second-order valence-corrected chi connectivity index (χ2v) is 5.40. The molecule has 1 atom stereocenters. The molecule has 2 aromatic carbocycles. The zero-order valence-corrected chi connectivity index (χ0v) is 12.7. The number of hydrogen-bond donors (Lipinski definition) is 2. The number of nitrogens with zero attached hydrogens (tertiary/aromatic N) is 1. The minimum atomic E-state index is -0.201. The highest BCUT2D eigenvalue weighted by Crippen LogP contribution is 2.24. The Morgan fingerprint density at radius 3 is 2.50 bits per heavy atom. The molecule has 0 saturated heterocycles. The molecule has 3 rings (SSSR count). The van der Waals surface area contributed by atoms with Gasteiger partial charge in [0.05, 0.1) is 11.7 Å². The van der Waals surface area contributed by atoms with E-state index in [0.29, 0.717) is 0 Å². The number of carbonyl (C=O) groups is 1. The molecule has 0 saturated carbocycles. The van der Waals surface area contributed by atoms with E-state index in [9.17, 15) is 4.79 Å². The molecule has 1 heterocycles. The van der Waals surface area contributed by atoms with Crippen LogP contribution in [0.25, 0.3) is 10.9 Å². The summed E-state index contributed by atoms with van der Waals surface area (Å²) in [5, 5.41) is 6.93. The lowest BCUT2D eigenvalue weighted by Crippen LogP contribution is -2.31. The molecule has 2 N–H and O–H groups in total. The van der Waals surface area contributed by atoms with Gasteiger partial charge in [0.25, 0.3) is 0 Å². The van der Waals surface area contributed by atoms with Crippen LogP contribution < -0.4 is 10.6 Å². The quantitative estimate of drug-likeness (QED) is 0.751. The largest absolute Gasteiger partial charge is 0.348 e. The van der Waals surface area contributed by atoms with Crippen LogP contribution in [0.1, 0.15) is 18.5 Å². The van der Waals surface area contributed by atoms with E-state index in [4.69, 9.17) is 0 Å². The van der Waals surface area contributed by atoms with Crippen molar-refractivity contribution in [3.05, 3.63) is 66.4 Å². The molecule has 2 amide bonds. The Morgan fingerprint density at radius 2 is 1.73 bits per heavy atom. The van der Waals surface area contributed by atoms with Crippen molar-refractivity contribution < 1.29 is 4.79 Å². The number of fused-ring (bicyclic) bond motifs is 1. The highest BCUT2D eigenvalue weighted by molar-refractivity contribution is 6.01. The Morgan fingerprint density at radius 1 is 1.05 bits per heavy atom. The van der Waals surface area contributed by atoms with Crippen molar-refractivity contribution >= 4 is 22.6 Å². The van der Waals surface area contributed by atoms with Gasteiger partial charge in [-0.1, -0.05) is 48.5 Å². The molecule has 0 unspecified atom stereocenters. The van der Waals surface area contributed by atoms with Crippen LogP contribution in [0.4, 0.5) is 10.5 Å². The van der Waals surface area contributed by atoms with E-state index in [0.717, 1.165) is 22.2 Å². The van der Waals surface area contributed by atoms with E-state index >= 15 is 0 Å². The normalized spacial score (nSPS) is 12.1. The third kappa shape index (κ3) is 2.81. The van der Waals surface area contributed by atoms with Crippen LogP contribution in [0.3, 0.4) is 0 Å². The standard InChI is InChI=1S/C18H19N3O/c1-13(14-8-4-3-5-9-14)19-18(22)20-16-12-21(2)17-11-7-6-10-15(16)17/h3-13H,1-2H3,(H2,19,20,22)/t13-/m0/s1. The molecule has 0 aliphatic carbocycles. The summed E-state index contributed by atoms with van der Waals surface area (Å²) in [5.74, 6) is 0. The van der Waals surface area contributed by atoms with Gasteiger partial charge in [-0.05, 0) is 18.6 Å². The zero-order chi connectivity index (χ0) is 15.5. The predicted molar refractivity (Wildman–Crippen MR) is 89.9 cm³/mol. The van der Waals surface area contributed by atoms with Gasteiger partial charge in [-0.2, -0.15) is 0 Å². The molecule has 4 nitrogen and oxygen atoms in total. The minimum Gasteiger partial charge on any atom is -0.348 e. The van der Waals surface area contributed by atoms with Gasteiger partial charge < -0.3 is 15.2 Å². The Bertz CT molecular complexity index is 792. The number of aromatic nitrogens is 1. The highest BCUT2D eigenvalue weighted by atomic mass is 16.2. The van der Waals surface area contributed by atoms with E-state index in [2.05, 4.69) is 10.6 Å². The van der Waals surface area contributed by atoms with Crippen LogP contribution in [0, 0.1) is 0 Å². The van der Waals surface area contributed by atoms with Gasteiger partial charge >= 0.3 is 6.03 Å². The first-order chi connectivity index (χ1) is 10.6. The summed E-state index contributed by atoms with van der Waals surface area (Å²) in [6, 6.07) is 17.7. The lowest BCUT2D eigenvalue weighted by atomic mass is 10.1. The van der Waals surface area contributed by atoms with Crippen molar-refractivity contribution in [2.24, 2.45) is 7.05 Å². The second kappa shape index (κ2) is 5.93. The van der Waals surface area contributed by atoms with Crippen LogP contribution in [-0.4, -0.2) is 10.6 Å². The molecule has 3 aromatic rings. The molecule has 4 heteroatoms. The number of rotatable bonds is 3. The van der Waals surface area contributed by atoms with E-state index in [1.165, 1.54) is 0 Å². The third-order valence-corrected chi connectivity index (χ3v) is 3.79. The summed E-state index contributed by atoms with van der Waals surface area (Å²) in [4.78, 5) is 12.2. The third-order valence-electron chi connectivity index (χ3n) is 3.79. The van der Waals surface area contributed by atoms with Gasteiger partial charge in [0.15, 0.2) is 0 Å². The van der Waals surface area contributed by atoms with Gasteiger partial charge in [-0.15, -0.1) is 0 Å². The predicted octanol–water partition coefficient (Wildman–Crippen LogP) is 4.06. The average Bonchev–Trinajstić information content (AvgIpc) is 2.85. The number of anilines is 1. The number of carbonyl (C=O) groups excluding carboxylic acids is 1. The van der Waals surface area contributed by atoms with Gasteiger partial charge in [-0.3, -0.25) is 0 Å². The van der Waals surface area contributed by atoms with Gasteiger partial charge in [0, 0.05) is 24.1 Å². The van der Waals surface area contributed by atoms with Crippen molar-refractivity contribution in [1.29, 1.82) is 0 Å². The molecule has 22 heavy (non-hydrogen) atoms. The van der Waals surface area contributed by atoms with Gasteiger partial charge in [0.2, 0.25) is 0 Å². The number of para-hydroxylation sites is 1. The topological polar surface area (TPSA) is 46.1 Å². The smallest absolute Gasteiger partial charge is 0.319 e. The fraction of sp³-hybridized carbons (Fsp3) is 0.167. The van der Waals surface area contributed by atoms with Gasteiger partial charge in [0.1, 0.15) is 0 Å². The maximum Gasteiger partial charge on any atom is 0.319 e. The fourth-order valence-electron chi connectivity index (χ4n) is 2.62. The van der Waals surface area contributed by atoms with Crippen LogP contribution >= 0.6 is 0 Å². The van der Waals surface area contributed by atoms with E-state index in [1.54, 1.807) is 0 Å². The fourth-order valence-corrected chi connectivity index (χ4v) is 2.62. The first-order valence-electron chi connectivity index (χ1n) is 7.31. The first-order valence-corrected chi connectivity index (χ1v) is 7.31. The summed E-state index contributed by atoms with van der Waals surface area (Å²) in [5.41, 5.74) is 2.99. The van der Waals surface area contributed by atoms with Gasteiger partial charge in [-0.25, -0.2) is 4.79 Å². The molecule has 0 spiro atoms. The second-order valence-electron chi connectivity index (χ2n) is 5.40. The molecule has 112 valence electrons. The van der Waals surface area contributed by atoms with Crippen molar-refractivity contribution in [3.63, 3.8) is 0 Å². The Hall–Kier alpha value is -2.75. The lowest BCUT2D eigenvalue weighted by Gasteiger charge is -2.14. The SMILES string of the molecule is C[C@H](NC(=O)Nc1cn(C)c2ccccc12)c1ccccc1. The molecule has 0 aliphatic rings. The van der Waals surface area contributed by atoms with Crippen LogP contribution in [0.15, 0.2) is 60.8 Å². The summed E-state index contributed by atoms with van der Waals surface area (Å²) in [6.07, 6.45) is 1.93. The monoisotopic (exact) mass is 293 g/mol. The average molecular weight is 293 g/mol. The summed E-state index contributed by atoms with van der Waals surface area (Å²) < 4.78 is 2.01. The number of aryl methyl sites for hydroxylation is 1. The molecule has 0 fully saturated rings. The van der Waals surface area contributed by atoms with Crippen molar-refractivity contribution in [2.45, 2.75) is 13.0 Å². The van der Waals surface area contributed by atoms with Crippen LogP contribution in [0.5, 0.6) is 0 Å². The van der Waals surface area contributed by atoms with Crippen molar-refractivity contribution in [2.75, 3.05) is 5.32 Å². The number of amides is 2. The molecular weight excluding hydrogens is 274 g/mol. The number of nitrogens with one attached hydrogen (secondary N) is 2. The lowest BCUT2D eigenvalue weighted by molar-refractivity contribution is 0.249. The molecular formula is C18H19N3O. The maximum absolute atomic E-state index is 12.2. The minimum absolute atomic E-state index is 0.0452. The zero-order valence-electron chi connectivity index (χ0n) is 12.7. The summed E-state index contributed by atoms with van der Waals surface area (Å²) in [6.45, 7) is 1.97. The van der Waals surface area contributed by atoms with Crippen molar-refractivity contribution in [3.8, 4) is 0 Å². The molecule has 0 bridgehead atoms. The Kier molecular flexibility index (Phi) is 3.83. The maximum atomic E-state index is 12.2. The Balaban J connectivity index is 1.74. The first kappa shape index (κ1) is 14.2. The van der Waals surface area contributed by atoms with Crippen molar-refractivity contribution in [1.82, 2.24) is 9.88 Å². The molecule has 1 aromatic heterocycles. The van der Waals surface area contributed by atoms with E-state index in [-0.39, 0.29) is 12.1 Å². The number of urea groups is 1. The summed E-state index contributed by atoms with van der Waals surface area (Å²) in [7, 11) is 1.97. The number of hydrogen-bond acceptors (Lipinski definition) is 1. The molecule has 0 radical (unpaired) electrons. The highest BCUT2D eigenvalue weighted by Gasteiger charge is 2.12. The summed E-state index contributed by atoms with van der Waals surface area (Å²) >= 11 is 0. The number of benzene rings is 2. The van der Waals surface area contributed by atoms with Crippen LogP contribution in [-0.2, 0) is 7.05 Å². The molecule has 0 aliphatic heterocycles. The van der Waals surface area contributed by atoms with E-state index < -0.39 is 0 Å².